The van der Waals surface area contributed by atoms with Gasteiger partial charge in [0.1, 0.15) is 0 Å². The molecule has 3 aromatic carbocycles. The van der Waals surface area contributed by atoms with Crippen LogP contribution in [0.2, 0.25) is 5.02 Å². The fourth-order valence-electron chi connectivity index (χ4n) is 3.23. The zero-order valence-electron chi connectivity index (χ0n) is 17.2. The number of anilines is 1. The van der Waals surface area contributed by atoms with Gasteiger partial charge in [0.05, 0.1) is 5.75 Å². The molecule has 0 aliphatic carbocycles. The smallest absolute Gasteiger partial charge is 0.234 e. The highest BCUT2D eigenvalue weighted by Crippen LogP contribution is 2.28. The highest BCUT2D eigenvalue weighted by Gasteiger charge is 2.17. The van der Waals surface area contributed by atoms with Crippen LogP contribution in [0.25, 0.3) is 17.1 Å². The number of nitrogens with one attached hydrogen (secondary N) is 1. The monoisotopic (exact) mass is 448 g/mol. The Balaban J connectivity index is 1.58. The summed E-state index contributed by atoms with van der Waals surface area (Å²) in [7, 11) is 0. The number of hydrogen-bond acceptors (Lipinski definition) is 4. The third kappa shape index (κ3) is 4.98. The summed E-state index contributed by atoms with van der Waals surface area (Å²) in [6, 6.07) is 23.3. The number of aromatic nitrogens is 3. The second kappa shape index (κ2) is 9.37. The van der Waals surface area contributed by atoms with E-state index in [-0.39, 0.29) is 11.7 Å². The van der Waals surface area contributed by atoms with E-state index in [1.807, 2.05) is 91.2 Å². The van der Waals surface area contributed by atoms with Crippen molar-refractivity contribution in [2.24, 2.45) is 0 Å². The van der Waals surface area contributed by atoms with Gasteiger partial charge in [0.2, 0.25) is 5.91 Å². The van der Waals surface area contributed by atoms with Crippen molar-refractivity contribution in [2.75, 3.05) is 11.1 Å². The lowest BCUT2D eigenvalue weighted by Gasteiger charge is -2.11. The molecule has 0 aliphatic rings. The second-order valence-corrected chi connectivity index (χ2v) is 8.52. The maximum atomic E-state index is 12.6. The first kappa shape index (κ1) is 21.2. The lowest BCUT2D eigenvalue weighted by atomic mass is 10.1. The van der Waals surface area contributed by atoms with Gasteiger partial charge in [0.15, 0.2) is 11.0 Å². The molecule has 0 atom stereocenters. The molecule has 1 amide bonds. The molecule has 0 aliphatic heterocycles. The van der Waals surface area contributed by atoms with Crippen LogP contribution in [0, 0.1) is 13.8 Å². The maximum Gasteiger partial charge on any atom is 0.234 e. The van der Waals surface area contributed by atoms with Gasteiger partial charge in [-0.2, -0.15) is 0 Å². The van der Waals surface area contributed by atoms with Crippen LogP contribution in [0.5, 0.6) is 0 Å². The molecule has 1 aromatic heterocycles. The Morgan fingerprint density at radius 1 is 1.00 bits per heavy atom. The molecule has 31 heavy (non-hydrogen) atoms. The SMILES string of the molecule is Cc1ccc(NC(=O)CSc2nnc(-c3ccccc3)n2-c2ccc(Cl)cc2)c(C)c1. The summed E-state index contributed by atoms with van der Waals surface area (Å²) >= 11 is 7.42. The van der Waals surface area contributed by atoms with E-state index in [0.29, 0.717) is 16.0 Å². The lowest BCUT2D eigenvalue weighted by molar-refractivity contribution is -0.113. The van der Waals surface area contributed by atoms with E-state index < -0.39 is 0 Å². The number of hydrogen-bond donors (Lipinski definition) is 1. The van der Waals surface area contributed by atoms with Crippen LogP contribution < -0.4 is 5.32 Å². The average Bonchev–Trinajstić information content (AvgIpc) is 3.19. The molecular weight excluding hydrogens is 428 g/mol. The molecule has 1 N–H and O–H groups in total. The average molecular weight is 449 g/mol. The Bertz CT molecular complexity index is 1210. The Hall–Kier alpha value is -3.09. The van der Waals surface area contributed by atoms with E-state index in [1.54, 1.807) is 0 Å². The van der Waals surface area contributed by atoms with Gasteiger partial charge in [-0.25, -0.2) is 0 Å². The highest BCUT2D eigenvalue weighted by molar-refractivity contribution is 7.99. The van der Waals surface area contributed by atoms with Crippen LogP contribution in [-0.2, 0) is 4.79 Å². The second-order valence-electron chi connectivity index (χ2n) is 7.14. The highest BCUT2D eigenvalue weighted by atomic mass is 35.5. The maximum absolute atomic E-state index is 12.6. The topological polar surface area (TPSA) is 59.8 Å². The number of rotatable bonds is 6. The van der Waals surface area contributed by atoms with Gasteiger partial charge in [-0.15, -0.1) is 10.2 Å². The molecule has 156 valence electrons. The lowest BCUT2D eigenvalue weighted by Crippen LogP contribution is -2.15. The predicted octanol–water partition coefficient (Wildman–Crippen LogP) is 5.94. The molecular formula is C24H21ClN4OS. The summed E-state index contributed by atoms with van der Waals surface area (Å²) in [5.41, 5.74) is 4.84. The number of carbonyl (C=O) groups excluding carboxylic acids is 1. The van der Waals surface area contributed by atoms with E-state index in [0.717, 1.165) is 28.1 Å². The Morgan fingerprint density at radius 2 is 1.74 bits per heavy atom. The van der Waals surface area contributed by atoms with Crippen LogP contribution in [0.1, 0.15) is 11.1 Å². The number of benzene rings is 3. The van der Waals surface area contributed by atoms with E-state index in [4.69, 9.17) is 11.6 Å². The minimum atomic E-state index is -0.0936. The van der Waals surface area contributed by atoms with Gasteiger partial charge in [0.25, 0.3) is 0 Å². The molecule has 0 spiro atoms. The van der Waals surface area contributed by atoms with Gasteiger partial charge in [0, 0.05) is 22.0 Å². The molecule has 1 heterocycles. The molecule has 4 rings (SSSR count). The summed E-state index contributed by atoms with van der Waals surface area (Å²) in [6.45, 7) is 4.02. The van der Waals surface area contributed by atoms with Crippen LogP contribution in [0.3, 0.4) is 0 Å². The summed E-state index contributed by atoms with van der Waals surface area (Å²) in [6.07, 6.45) is 0. The Labute approximate surface area is 190 Å². The molecule has 5 nitrogen and oxygen atoms in total. The summed E-state index contributed by atoms with van der Waals surface area (Å²) in [5.74, 6) is 0.831. The van der Waals surface area contributed by atoms with Gasteiger partial charge in [-0.1, -0.05) is 71.4 Å². The van der Waals surface area contributed by atoms with Crippen LogP contribution >= 0.6 is 23.4 Å². The first-order chi connectivity index (χ1) is 15.0. The van der Waals surface area contributed by atoms with Gasteiger partial charge < -0.3 is 5.32 Å². The standard InChI is InChI=1S/C24H21ClN4OS/c1-16-8-13-21(17(2)14-16)26-22(30)15-31-24-28-27-23(18-6-4-3-5-7-18)29(24)20-11-9-19(25)10-12-20/h3-14H,15H2,1-2H3,(H,26,30). The van der Waals surface area contributed by atoms with Crippen molar-refractivity contribution in [2.45, 2.75) is 19.0 Å². The number of amides is 1. The molecule has 0 bridgehead atoms. The molecule has 0 fully saturated rings. The van der Waals surface area contributed by atoms with Crippen molar-refractivity contribution in [3.8, 4) is 17.1 Å². The van der Waals surface area contributed by atoms with Gasteiger partial charge >= 0.3 is 0 Å². The van der Waals surface area contributed by atoms with Gasteiger partial charge in [-0.05, 0) is 49.7 Å². The third-order valence-corrected chi connectivity index (χ3v) is 5.92. The number of aryl methyl sites for hydroxylation is 2. The van der Waals surface area contributed by atoms with Crippen molar-refractivity contribution in [3.05, 3.63) is 88.9 Å². The molecule has 4 aromatic rings. The van der Waals surface area contributed by atoms with E-state index in [2.05, 4.69) is 15.5 Å². The quantitative estimate of drug-likeness (QED) is 0.371. The minimum absolute atomic E-state index is 0.0936. The van der Waals surface area contributed by atoms with Crippen LogP contribution in [0.4, 0.5) is 5.69 Å². The van der Waals surface area contributed by atoms with Gasteiger partial charge in [-0.3, -0.25) is 9.36 Å². The van der Waals surface area contributed by atoms with Crippen LogP contribution in [0.15, 0.2) is 78.0 Å². The number of halogens is 1. The van der Waals surface area contributed by atoms with E-state index in [1.165, 1.54) is 11.8 Å². The molecule has 7 heteroatoms. The van der Waals surface area contributed by atoms with Crippen molar-refractivity contribution in [1.82, 2.24) is 14.8 Å². The molecule has 0 radical (unpaired) electrons. The predicted molar refractivity (Wildman–Crippen MR) is 127 cm³/mol. The van der Waals surface area contributed by atoms with Crippen molar-refractivity contribution >= 4 is 35.0 Å². The Morgan fingerprint density at radius 3 is 2.45 bits per heavy atom. The zero-order valence-corrected chi connectivity index (χ0v) is 18.7. The molecule has 0 saturated heterocycles. The van der Waals surface area contributed by atoms with Crippen molar-refractivity contribution < 1.29 is 4.79 Å². The fourth-order valence-corrected chi connectivity index (χ4v) is 4.11. The number of thioether (sulfide) groups is 1. The zero-order chi connectivity index (χ0) is 21.8. The van der Waals surface area contributed by atoms with E-state index >= 15 is 0 Å². The number of nitrogens with zero attached hydrogens (tertiary/aromatic N) is 3. The minimum Gasteiger partial charge on any atom is -0.325 e. The first-order valence-corrected chi connectivity index (χ1v) is 11.1. The first-order valence-electron chi connectivity index (χ1n) is 9.78. The molecule has 0 saturated carbocycles. The number of carbonyl (C=O) groups is 1. The van der Waals surface area contributed by atoms with Crippen molar-refractivity contribution in [3.63, 3.8) is 0 Å². The summed E-state index contributed by atoms with van der Waals surface area (Å²) in [5, 5.41) is 13.0. The summed E-state index contributed by atoms with van der Waals surface area (Å²) < 4.78 is 1.95. The van der Waals surface area contributed by atoms with E-state index in [9.17, 15) is 4.79 Å². The third-order valence-electron chi connectivity index (χ3n) is 4.74. The Kier molecular flexibility index (Phi) is 6.39. The van der Waals surface area contributed by atoms with Crippen molar-refractivity contribution in [1.29, 1.82) is 0 Å². The normalized spacial score (nSPS) is 10.8. The fraction of sp³-hybridized carbons (Fsp3) is 0.125. The largest absolute Gasteiger partial charge is 0.325 e. The molecule has 0 unspecified atom stereocenters. The van der Waals surface area contributed by atoms with Crippen LogP contribution in [-0.4, -0.2) is 26.4 Å². The summed E-state index contributed by atoms with van der Waals surface area (Å²) in [4.78, 5) is 12.6.